The Morgan fingerprint density at radius 3 is 2.79 bits per heavy atom. The Morgan fingerprint density at radius 2 is 2.12 bits per heavy atom. The lowest BCUT2D eigenvalue weighted by Crippen LogP contribution is -2.33. The van der Waals surface area contributed by atoms with Crippen molar-refractivity contribution in [1.82, 2.24) is 4.31 Å². The number of halogens is 1. The lowest BCUT2D eigenvalue weighted by molar-refractivity contribution is 0.385. The average molecular weight is 388 g/mol. The molecule has 1 aromatic carbocycles. The fourth-order valence-corrected chi connectivity index (χ4v) is 6.47. The topological polar surface area (TPSA) is 46.6 Å². The van der Waals surface area contributed by atoms with E-state index >= 15 is 0 Å². The molecule has 2 heterocycles. The summed E-state index contributed by atoms with van der Waals surface area (Å²) in [6.45, 7) is 0.869. The molecular formula is C16H18FNO3S3. The van der Waals surface area contributed by atoms with Crippen LogP contribution >= 0.6 is 23.1 Å². The molecule has 0 radical (unpaired) electrons. The van der Waals surface area contributed by atoms with E-state index in [4.69, 9.17) is 4.74 Å². The van der Waals surface area contributed by atoms with Crippen LogP contribution in [0.2, 0.25) is 0 Å². The Labute approximate surface area is 149 Å². The van der Waals surface area contributed by atoms with Gasteiger partial charge in [0.15, 0.2) is 11.6 Å². The maximum absolute atomic E-state index is 13.9. The summed E-state index contributed by atoms with van der Waals surface area (Å²) in [5.41, 5.74) is 0. The van der Waals surface area contributed by atoms with Crippen LogP contribution in [0.15, 0.2) is 40.6 Å². The van der Waals surface area contributed by atoms with Crippen molar-refractivity contribution in [3.63, 3.8) is 0 Å². The van der Waals surface area contributed by atoms with Crippen LogP contribution in [0, 0.1) is 5.82 Å². The number of ether oxygens (including phenoxy) is 1. The van der Waals surface area contributed by atoms with Gasteiger partial charge in [-0.25, -0.2) is 12.8 Å². The third-order valence-corrected chi connectivity index (χ3v) is 8.26. The largest absolute Gasteiger partial charge is 0.494 e. The predicted octanol–water partition coefficient (Wildman–Crippen LogP) is 3.76. The molecule has 0 saturated carbocycles. The van der Waals surface area contributed by atoms with Crippen LogP contribution in [0.25, 0.3) is 0 Å². The highest BCUT2D eigenvalue weighted by Gasteiger charge is 2.29. The van der Waals surface area contributed by atoms with Crippen molar-refractivity contribution in [3.8, 4) is 5.75 Å². The SMILES string of the molecule is COc1ccc(S(=O)(=O)N2CCSC(c3cccs3)CC2)cc1F. The van der Waals surface area contributed by atoms with E-state index in [0.717, 1.165) is 18.2 Å². The van der Waals surface area contributed by atoms with Crippen molar-refractivity contribution < 1.29 is 17.5 Å². The van der Waals surface area contributed by atoms with E-state index in [-0.39, 0.29) is 10.6 Å². The number of benzene rings is 1. The van der Waals surface area contributed by atoms with Gasteiger partial charge >= 0.3 is 0 Å². The quantitative estimate of drug-likeness (QED) is 0.801. The van der Waals surface area contributed by atoms with Gasteiger partial charge in [-0.1, -0.05) is 6.07 Å². The first-order valence-electron chi connectivity index (χ1n) is 7.51. The highest BCUT2D eigenvalue weighted by atomic mass is 32.2. The molecule has 1 unspecified atom stereocenters. The molecule has 24 heavy (non-hydrogen) atoms. The molecule has 130 valence electrons. The van der Waals surface area contributed by atoms with Gasteiger partial charge in [-0.15, -0.1) is 11.3 Å². The molecule has 8 heteroatoms. The number of rotatable bonds is 4. The lowest BCUT2D eigenvalue weighted by Gasteiger charge is -2.20. The number of sulfonamides is 1. The first-order chi connectivity index (χ1) is 11.5. The number of thioether (sulfide) groups is 1. The zero-order chi connectivity index (χ0) is 17.2. The first kappa shape index (κ1) is 17.7. The number of hydrogen-bond donors (Lipinski definition) is 0. The van der Waals surface area contributed by atoms with E-state index in [1.165, 1.54) is 28.4 Å². The molecule has 1 aromatic heterocycles. The maximum atomic E-state index is 13.9. The fourth-order valence-electron chi connectivity index (χ4n) is 2.65. The van der Waals surface area contributed by atoms with Crippen LogP contribution in [0.3, 0.4) is 0 Å². The van der Waals surface area contributed by atoms with Crippen molar-refractivity contribution in [2.75, 3.05) is 26.0 Å². The molecule has 1 aliphatic rings. The molecule has 1 aliphatic heterocycles. The van der Waals surface area contributed by atoms with Gasteiger partial charge in [-0.3, -0.25) is 0 Å². The van der Waals surface area contributed by atoms with Crippen molar-refractivity contribution in [3.05, 3.63) is 46.4 Å². The van der Waals surface area contributed by atoms with Crippen LogP contribution in [0.4, 0.5) is 4.39 Å². The molecule has 3 rings (SSSR count). The summed E-state index contributed by atoms with van der Waals surface area (Å²) in [5, 5.41) is 2.35. The van der Waals surface area contributed by atoms with Crippen LogP contribution < -0.4 is 4.74 Å². The third-order valence-electron chi connectivity index (χ3n) is 3.92. The smallest absolute Gasteiger partial charge is 0.243 e. The summed E-state index contributed by atoms with van der Waals surface area (Å²) < 4.78 is 45.8. The molecular weight excluding hydrogens is 369 g/mol. The summed E-state index contributed by atoms with van der Waals surface area (Å²) in [6.07, 6.45) is 0.753. The fraction of sp³-hybridized carbons (Fsp3) is 0.375. The molecule has 1 saturated heterocycles. The Hall–Kier alpha value is -1.09. The number of hydrogen-bond acceptors (Lipinski definition) is 5. The van der Waals surface area contributed by atoms with Crippen LogP contribution in [-0.2, 0) is 10.0 Å². The van der Waals surface area contributed by atoms with Crippen molar-refractivity contribution in [2.24, 2.45) is 0 Å². The summed E-state index contributed by atoms with van der Waals surface area (Å²) in [4.78, 5) is 1.25. The minimum absolute atomic E-state index is 0.0274. The minimum atomic E-state index is -3.70. The summed E-state index contributed by atoms with van der Waals surface area (Å²) >= 11 is 3.47. The third kappa shape index (κ3) is 3.61. The second kappa shape index (κ2) is 7.43. The van der Waals surface area contributed by atoms with Gasteiger partial charge in [-0.05, 0) is 36.1 Å². The van der Waals surface area contributed by atoms with E-state index in [2.05, 4.69) is 6.07 Å². The molecule has 0 aliphatic carbocycles. The van der Waals surface area contributed by atoms with E-state index in [1.54, 1.807) is 23.1 Å². The maximum Gasteiger partial charge on any atom is 0.243 e. The van der Waals surface area contributed by atoms with Gasteiger partial charge in [-0.2, -0.15) is 16.1 Å². The Kier molecular flexibility index (Phi) is 5.49. The zero-order valence-electron chi connectivity index (χ0n) is 13.1. The standard InChI is InChI=1S/C16H18FNO3S3/c1-21-14-5-4-12(11-13(14)17)24(19,20)18-7-6-16(23-10-8-18)15-3-2-9-22-15/h2-5,9,11,16H,6-8,10H2,1H3. The molecule has 2 aromatic rings. The predicted molar refractivity (Wildman–Crippen MR) is 95.8 cm³/mol. The second-order valence-electron chi connectivity index (χ2n) is 5.36. The lowest BCUT2D eigenvalue weighted by atomic mass is 10.2. The molecule has 4 nitrogen and oxygen atoms in total. The molecule has 0 bridgehead atoms. The number of thiophene rings is 1. The minimum Gasteiger partial charge on any atom is -0.494 e. The molecule has 1 fully saturated rings. The highest BCUT2D eigenvalue weighted by Crippen LogP contribution is 2.37. The second-order valence-corrected chi connectivity index (χ2v) is 9.59. The van der Waals surface area contributed by atoms with Crippen molar-refractivity contribution in [1.29, 1.82) is 0 Å². The number of methoxy groups -OCH3 is 1. The molecule has 0 amide bonds. The Balaban J connectivity index is 1.79. The van der Waals surface area contributed by atoms with Gasteiger partial charge < -0.3 is 4.74 Å². The normalized spacial score (nSPS) is 19.8. The van der Waals surface area contributed by atoms with Gasteiger partial charge in [0.1, 0.15) is 0 Å². The van der Waals surface area contributed by atoms with Crippen LogP contribution in [0.5, 0.6) is 5.75 Å². The monoisotopic (exact) mass is 387 g/mol. The molecule has 0 spiro atoms. The van der Waals surface area contributed by atoms with Crippen LogP contribution in [0.1, 0.15) is 16.5 Å². The van der Waals surface area contributed by atoms with E-state index in [0.29, 0.717) is 18.3 Å². The number of nitrogens with zero attached hydrogens (tertiary/aromatic N) is 1. The van der Waals surface area contributed by atoms with E-state index in [9.17, 15) is 12.8 Å². The van der Waals surface area contributed by atoms with Crippen LogP contribution in [-0.4, -0.2) is 38.7 Å². The zero-order valence-corrected chi connectivity index (χ0v) is 15.6. The first-order valence-corrected chi connectivity index (χ1v) is 10.9. The van der Waals surface area contributed by atoms with E-state index < -0.39 is 15.8 Å². The summed E-state index contributed by atoms with van der Waals surface area (Å²) in [7, 11) is -2.35. The van der Waals surface area contributed by atoms with Crippen molar-refractivity contribution >= 4 is 33.1 Å². The Morgan fingerprint density at radius 1 is 1.29 bits per heavy atom. The van der Waals surface area contributed by atoms with E-state index in [1.807, 2.05) is 11.4 Å². The molecule has 0 N–H and O–H groups in total. The molecule has 1 atom stereocenters. The van der Waals surface area contributed by atoms with Gasteiger partial charge in [0, 0.05) is 29.0 Å². The summed E-state index contributed by atoms with van der Waals surface area (Å²) in [6, 6.07) is 7.88. The summed E-state index contributed by atoms with van der Waals surface area (Å²) in [5.74, 6) is 0.0952. The van der Waals surface area contributed by atoms with Gasteiger partial charge in [0.25, 0.3) is 0 Å². The average Bonchev–Trinajstić information content (AvgIpc) is 2.98. The van der Waals surface area contributed by atoms with Gasteiger partial charge in [0.05, 0.1) is 12.0 Å². The van der Waals surface area contributed by atoms with Crippen molar-refractivity contribution in [2.45, 2.75) is 16.6 Å². The Bertz CT molecular complexity index is 793. The highest BCUT2D eigenvalue weighted by molar-refractivity contribution is 7.99. The van der Waals surface area contributed by atoms with Gasteiger partial charge in [0.2, 0.25) is 10.0 Å².